The molecule has 2 aromatic rings. The van der Waals surface area contributed by atoms with Gasteiger partial charge in [0.25, 0.3) is 5.91 Å². The van der Waals surface area contributed by atoms with Gasteiger partial charge in [0.15, 0.2) is 0 Å². The Hall–Kier alpha value is -3.35. The second-order valence-electron chi connectivity index (χ2n) is 7.59. The van der Waals surface area contributed by atoms with Crippen LogP contribution in [0.3, 0.4) is 0 Å². The van der Waals surface area contributed by atoms with Gasteiger partial charge in [-0.2, -0.15) is 0 Å². The fourth-order valence-corrected chi connectivity index (χ4v) is 2.70. The van der Waals surface area contributed by atoms with E-state index in [4.69, 9.17) is 0 Å². The smallest absolute Gasteiger partial charge is 0.251 e. The first kappa shape index (κ1) is 22.9. The molecule has 2 aromatic carbocycles. The maximum Gasteiger partial charge on any atom is 0.251 e. The van der Waals surface area contributed by atoms with E-state index in [0.717, 1.165) is 11.3 Å². The summed E-state index contributed by atoms with van der Waals surface area (Å²) in [6.07, 6.45) is 1.12. The Morgan fingerprint density at radius 3 is 2.07 bits per heavy atom. The molecule has 0 bridgehead atoms. The van der Waals surface area contributed by atoms with Crippen LogP contribution in [0.2, 0.25) is 0 Å². The van der Waals surface area contributed by atoms with Crippen LogP contribution in [0.4, 0.5) is 11.4 Å². The van der Waals surface area contributed by atoms with E-state index in [0.29, 0.717) is 24.1 Å². The molecule has 3 amide bonds. The van der Waals surface area contributed by atoms with Gasteiger partial charge in [-0.05, 0) is 62.2 Å². The van der Waals surface area contributed by atoms with Crippen molar-refractivity contribution in [2.24, 2.45) is 0 Å². The molecule has 0 spiro atoms. The van der Waals surface area contributed by atoms with Gasteiger partial charge in [-0.1, -0.05) is 12.1 Å². The molecule has 0 atom stereocenters. The van der Waals surface area contributed by atoms with Crippen LogP contribution in [-0.4, -0.2) is 49.3 Å². The summed E-state index contributed by atoms with van der Waals surface area (Å²) in [6, 6.07) is 14.5. The fourth-order valence-electron chi connectivity index (χ4n) is 2.70. The topological polar surface area (TPSA) is 90.5 Å². The van der Waals surface area contributed by atoms with Gasteiger partial charge in [-0.3, -0.25) is 14.4 Å². The molecule has 30 heavy (non-hydrogen) atoms. The van der Waals surface area contributed by atoms with Gasteiger partial charge >= 0.3 is 0 Å². The number of hydrogen-bond donors (Lipinski definition) is 3. The number of amides is 3. The number of carbonyl (C=O) groups excluding carboxylic acids is 3. The zero-order valence-corrected chi connectivity index (χ0v) is 18.0. The lowest BCUT2D eigenvalue weighted by Gasteiger charge is -2.11. The van der Waals surface area contributed by atoms with Crippen LogP contribution >= 0.6 is 0 Å². The lowest BCUT2D eigenvalue weighted by Crippen LogP contribution is -2.30. The molecule has 0 unspecified atom stereocenters. The number of aryl methyl sites for hydroxylation is 1. The van der Waals surface area contributed by atoms with Crippen LogP contribution in [0.15, 0.2) is 48.5 Å². The lowest BCUT2D eigenvalue weighted by molar-refractivity contribution is -0.128. The molecular formula is C23H30N4O3. The van der Waals surface area contributed by atoms with E-state index >= 15 is 0 Å². The standard InChI is InChI=1S/C23H30N4O3/c1-16(2)25-23(30)18-8-12-19(13-9-18)24-15-21(28)26-20-10-5-17(6-11-20)7-14-22(29)27(3)4/h5-6,8-13,16,24H,7,14-15H2,1-4H3,(H,25,30)(H,26,28). The molecule has 2 rings (SSSR count). The minimum atomic E-state index is -0.174. The quantitative estimate of drug-likeness (QED) is 0.593. The van der Waals surface area contributed by atoms with Crippen LogP contribution in [0.5, 0.6) is 0 Å². The average Bonchev–Trinajstić information content (AvgIpc) is 2.71. The van der Waals surface area contributed by atoms with Crippen molar-refractivity contribution >= 4 is 29.1 Å². The van der Waals surface area contributed by atoms with Gasteiger partial charge in [0.05, 0.1) is 6.54 Å². The van der Waals surface area contributed by atoms with Crippen molar-refractivity contribution < 1.29 is 14.4 Å². The molecule has 0 heterocycles. The summed E-state index contributed by atoms with van der Waals surface area (Å²) in [7, 11) is 3.49. The Morgan fingerprint density at radius 2 is 1.50 bits per heavy atom. The maximum atomic E-state index is 12.2. The third kappa shape index (κ3) is 7.58. The van der Waals surface area contributed by atoms with E-state index in [2.05, 4.69) is 16.0 Å². The van der Waals surface area contributed by atoms with E-state index in [1.165, 1.54) is 0 Å². The average molecular weight is 411 g/mol. The summed E-state index contributed by atoms with van der Waals surface area (Å²) in [4.78, 5) is 37.4. The molecule has 7 nitrogen and oxygen atoms in total. The van der Waals surface area contributed by atoms with E-state index in [1.807, 2.05) is 38.1 Å². The maximum absolute atomic E-state index is 12.2. The van der Waals surface area contributed by atoms with E-state index < -0.39 is 0 Å². The van der Waals surface area contributed by atoms with Gasteiger partial charge in [-0.25, -0.2) is 0 Å². The molecule has 160 valence electrons. The fraction of sp³-hybridized carbons (Fsp3) is 0.348. The molecule has 0 fully saturated rings. The van der Waals surface area contributed by atoms with E-state index in [-0.39, 0.29) is 30.3 Å². The predicted octanol–water partition coefficient (Wildman–Crippen LogP) is 2.90. The largest absolute Gasteiger partial charge is 0.376 e. The summed E-state index contributed by atoms with van der Waals surface area (Å²) < 4.78 is 0. The minimum absolute atomic E-state index is 0.0774. The van der Waals surface area contributed by atoms with Crippen LogP contribution in [-0.2, 0) is 16.0 Å². The van der Waals surface area contributed by atoms with Crippen molar-refractivity contribution in [2.75, 3.05) is 31.3 Å². The molecule has 0 radical (unpaired) electrons. The van der Waals surface area contributed by atoms with Crippen LogP contribution in [0.1, 0.15) is 36.2 Å². The van der Waals surface area contributed by atoms with Crippen molar-refractivity contribution in [1.82, 2.24) is 10.2 Å². The molecular weight excluding hydrogens is 380 g/mol. The third-order valence-corrected chi connectivity index (χ3v) is 4.38. The summed E-state index contributed by atoms with van der Waals surface area (Å²) in [5, 5.41) is 8.71. The number of nitrogens with zero attached hydrogens (tertiary/aromatic N) is 1. The second-order valence-corrected chi connectivity index (χ2v) is 7.59. The van der Waals surface area contributed by atoms with Crippen LogP contribution < -0.4 is 16.0 Å². The SMILES string of the molecule is CC(C)NC(=O)c1ccc(NCC(=O)Nc2ccc(CCC(=O)N(C)C)cc2)cc1. The highest BCUT2D eigenvalue weighted by atomic mass is 16.2. The highest BCUT2D eigenvalue weighted by molar-refractivity contribution is 5.95. The van der Waals surface area contributed by atoms with Gasteiger partial charge < -0.3 is 20.9 Å². The Balaban J connectivity index is 1.79. The number of anilines is 2. The summed E-state index contributed by atoms with van der Waals surface area (Å²) in [5.41, 5.74) is 3.08. The third-order valence-electron chi connectivity index (χ3n) is 4.38. The van der Waals surface area contributed by atoms with Crippen molar-refractivity contribution in [3.63, 3.8) is 0 Å². The molecule has 0 aliphatic carbocycles. The number of benzene rings is 2. The van der Waals surface area contributed by atoms with Crippen molar-refractivity contribution in [2.45, 2.75) is 32.7 Å². The zero-order chi connectivity index (χ0) is 22.1. The molecule has 3 N–H and O–H groups in total. The summed E-state index contributed by atoms with van der Waals surface area (Å²) in [5.74, 6) is -0.206. The molecule has 0 saturated carbocycles. The molecule has 0 aliphatic heterocycles. The molecule has 7 heteroatoms. The summed E-state index contributed by atoms with van der Waals surface area (Å²) in [6.45, 7) is 3.93. The number of hydrogen-bond acceptors (Lipinski definition) is 4. The van der Waals surface area contributed by atoms with Crippen molar-refractivity contribution in [3.05, 3.63) is 59.7 Å². The van der Waals surface area contributed by atoms with Crippen molar-refractivity contribution in [1.29, 1.82) is 0 Å². The highest BCUT2D eigenvalue weighted by Gasteiger charge is 2.08. The normalized spacial score (nSPS) is 10.4. The Kier molecular flexibility index (Phi) is 8.41. The van der Waals surface area contributed by atoms with E-state index in [1.54, 1.807) is 43.3 Å². The van der Waals surface area contributed by atoms with Crippen LogP contribution in [0, 0.1) is 0 Å². The predicted molar refractivity (Wildman–Crippen MR) is 120 cm³/mol. The first-order valence-corrected chi connectivity index (χ1v) is 9.98. The highest BCUT2D eigenvalue weighted by Crippen LogP contribution is 2.13. The van der Waals surface area contributed by atoms with Gasteiger partial charge in [0, 0.05) is 43.5 Å². The monoisotopic (exact) mass is 410 g/mol. The number of carbonyl (C=O) groups is 3. The first-order valence-electron chi connectivity index (χ1n) is 9.98. The molecule has 0 aliphatic rings. The first-order chi connectivity index (χ1) is 14.2. The lowest BCUT2D eigenvalue weighted by atomic mass is 10.1. The Morgan fingerprint density at radius 1 is 0.900 bits per heavy atom. The molecule has 0 saturated heterocycles. The number of rotatable bonds is 9. The van der Waals surface area contributed by atoms with Crippen molar-refractivity contribution in [3.8, 4) is 0 Å². The second kappa shape index (κ2) is 11.0. The minimum Gasteiger partial charge on any atom is -0.376 e. The summed E-state index contributed by atoms with van der Waals surface area (Å²) >= 11 is 0. The zero-order valence-electron chi connectivity index (χ0n) is 18.0. The Labute approximate surface area is 177 Å². The van der Waals surface area contributed by atoms with Gasteiger partial charge in [-0.15, -0.1) is 0 Å². The Bertz CT molecular complexity index is 859. The van der Waals surface area contributed by atoms with Crippen LogP contribution in [0.25, 0.3) is 0 Å². The van der Waals surface area contributed by atoms with Gasteiger partial charge in [0.1, 0.15) is 0 Å². The van der Waals surface area contributed by atoms with E-state index in [9.17, 15) is 14.4 Å². The number of nitrogens with one attached hydrogen (secondary N) is 3. The van der Waals surface area contributed by atoms with Gasteiger partial charge in [0.2, 0.25) is 11.8 Å². The molecule has 0 aromatic heterocycles.